The van der Waals surface area contributed by atoms with Crippen molar-refractivity contribution in [3.63, 3.8) is 0 Å². The van der Waals surface area contributed by atoms with E-state index in [0.717, 1.165) is 18.4 Å². The average molecular weight is 519 g/mol. The molecule has 2 N–H and O–H groups in total. The third-order valence-electron chi connectivity index (χ3n) is 4.30. The Hall–Kier alpha value is -3.81. The van der Waals surface area contributed by atoms with Crippen LogP contribution in [0.2, 0.25) is 0 Å². The van der Waals surface area contributed by atoms with Gasteiger partial charge in [0, 0.05) is 29.1 Å². The van der Waals surface area contributed by atoms with E-state index in [9.17, 15) is 35.3 Å². The van der Waals surface area contributed by atoms with E-state index in [1.165, 1.54) is 24.3 Å². The van der Waals surface area contributed by atoms with Gasteiger partial charge in [0.25, 0.3) is 5.91 Å². The van der Waals surface area contributed by atoms with E-state index in [1.807, 2.05) is 0 Å². The molecule has 0 saturated heterocycles. The van der Waals surface area contributed by atoms with Crippen LogP contribution >= 0.6 is 0 Å². The molecule has 0 fully saturated rings. The first-order chi connectivity index (χ1) is 16.2. The predicted octanol–water partition coefficient (Wildman–Crippen LogP) is 5.92. The number of benzene rings is 2. The van der Waals surface area contributed by atoms with Crippen molar-refractivity contribution >= 4 is 21.3 Å². The molecular formula is C21H15F6N3O4S. The second-order valence-electron chi connectivity index (χ2n) is 6.97. The van der Waals surface area contributed by atoms with Gasteiger partial charge in [-0.25, -0.2) is 18.4 Å². The minimum Gasteiger partial charge on any atom is -0.438 e. The molecule has 35 heavy (non-hydrogen) atoms. The van der Waals surface area contributed by atoms with Crippen molar-refractivity contribution in [2.75, 3.05) is 11.6 Å². The number of halogens is 6. The highest BCUT2D eigenvalue weighted by Gasteiger charge is 2.33. The Morgan fingerprint density at radius 3 is 2.46 bits per heavy atom. The Morgan fingerprint density at radius 2 is 1.86 bits per heavy atom. The Bertz CT molecular complexity index is 1360. The van der Waals surface area contributed by atoms with Gasteiger partial charge in [-0.2, -0.15) is 22.0 Å². The zero-order valence-electron chi connectivity index (χ0n) is 17.5. The Balaban J connectivity index is 1.97. The van der Waals surface area contributed by atoms with Crippen LogP contribution in [0.5, 0.6) is 17.4 Å². The Morgan fingerprint density at radius 1 is 1.14 bits per heavy atom. The molecular weight excluding hydrogens is 504 g/mol. The van der Waals surface area contributed by atoms with E-state index >= 15 is 0 Å². The van der Waals surface area contributed by atoms with Crippen LogP contribution in [0.25, 0.3) is 0 Å². The molecule has 1 heterocycles. The van der Waals surface area contributed by atoms with Crippen molar-refractivity contribution in [3.05, 3.63) is 71.7 Å². The van der Waals surface area contributed by atoms with Crippen molar-refractivity contribution in [3.8, 4) is 17.4 Å². The number of anilines is 1. The molecule has 1 unspecified atom stereocenters. The maximum atomic E-state index is 14.0. The maximum Gasteiger partial charge on any atom is 0.417 e. The molecule has 0 radical (unpaired) electrons. The lowest BCUT2D eigenvalue weighted by molar-refractivity contribution is -0.137. The highest BCUT2D eigenvalue weighted by atomic mass is 32.2. The second kappa shape index (κ2) is 9.82. The highest BCUT2D eigenvalue weighted by Crippen LogP contribution is 2.34. The fourth-order valence-corrected chi connectivity index (χ4v) is 3.40. The SMILES string of the molecule is CS(=N)(=O)c1cccc(NC(=O)c2cc(C(F)(F)F)cnc2Oc2ccc(OC(F)F)c(F)c2)c1. The fraction of sp³-hybridized carbons (Fsp3) is 0.143. The summed E-state index contributed by atoms with van der Waals surface area (Å²) >= 11 is 0. The summed E-state index contributed by atoms with van der Waals surface area (Å²) in [5, 5.41) is 2.31. The van der Waals surface area contributed by atoms with E-state index < -0.39 is 57.0 Å². The summed E-state index contributed by atoms with van der Waals surface area (Å²) in [6.07, 6.45) is -3.32. The normalized spacial score (nSPS) is 13.3. The van der Waals surface area contributed by atoms with Crippen molar-refractivity contribution in [2.45, 2.75) is 17.7 Å². The van der Waals surface area contributed by atoms with Crippen LogP contribution in [0.4, 0.5) is 32.0 Å². The number of nitrogens with zero attached hydrogens (tertiary/aromatic N) is 1. The molecule has 2 aromatic carbocycles. The number of pyridine rings is 1. The van der Waals surface area contributed by atoms with Crippen LogP contribution in [-0.2, 0) is 15.9 Å². The van der Waals surface area contributed by atoms with Gasteiger partial charge in [-0.15, -0.1) is 0 Å². The minimum atomic E-state index is -4.86. The van der Waals surface area contributed by atoms with Gasteiger partial charge in [0.1, 0.15) is 11.3 Å². The lowest BCUT2D eigenvalue weighted by Crippen LogP contribution is -2.16. The minimum absolute atomic E-state index is 0.0252. The van der Waals surface area contributed by atoms with Crippen LogP contribution < -0.4 is 14.8 Å². The van der Waals surface area contributed by atoms with Gasteiger partial charge in [-0.05, 0) is 36.4 Å². The highest BCUT2D eigenvalue weighted by molar-refractivity contribution is 7.91. The summed E-state index contributed by atoms with van der Waals surface area (Å²) in [7, 11) is -3.15. The standard InChI is InChI=1S/C21H15F6N3O4S/c1-35(28,32)14-4-2-3-12(8-14)30-18(31)15-7-11(21(25,26)27)10-29-19(15)33-13-5-6-17(16(22)9-13)34-20(23)24/h2-10,20,28H,1H3,(H,30,31). The third-order valence-corrected chi connectivity index (χ3v) is 5.45. The van der Waals surface area contributed by atoms with Gasteiger partial charge in [0.05, 0.1) is 15.3 Å². The van der Waals surface area contributed by atoms with Gasteiger partial charge in [0.2, 0.25) is 5.88 Å². The summed E-state index contributed by atoms with van der Waals surface area (Å²) in [6.45, 7) is -3.29. The lowest BCUT2D eigenvalue weighted by Gasteiger charge is -2.14. The van der Waals surface area contributed by atoms with Gasteiger partial charge in [0.15, 0.2) is 11.6 Å². The molecule has 0 spiro atoms. The van der Waals surface area contributed by atoms with Crippen molar-refractivity contribution in [2.24, 2.45) is 0 Å². The molecule has 0 saturated carbocycles. The molecule has 1 aromatic heterocycles. The summed E-state index contributed by atoms with van der Waals surface area (Å²) in [5.41, 5.74) is -1.95. The summed E-state index contributed by atoms with van der Waals surface area (Å²) in [5.74, 6) is -4.18. The number of carbonyl (C=O) groups is 1. The van der Waals surface area contributed by atoms with Gasteiger partial charge >= 0.3 is 12.8 Å². The number of hydrogen-bond donors (Lipinski definition) is 2. The molecule has 0 aliphatic rings. The number of amides is 1. The van der Waals surface area contributed by atoms with Crippen LogP contribution in [-0.4, -0.2) is 28.0 Å². The van der Waals surface area contributed by atoms with E-state index in [4.69, 9.17) is 9.52 Å². The molecule has 186 valence electrons. The first-order valence-electron chi connectivity index (χ1n) is 9.38. The molecule has 14 heteroatoms. The molecule has 1 atom stereocenters. The average Bonchev–Trinajstić information content (AvgIpc) is 2.74. The number of hydrogen-bond acceptors (Lipinski definition) is 6. The van der Waals surface area contributed by atoms with E-state index in [-0.39, 0.29) is 16.3 Å². The van der Waals surface area contributed by atoms with Crippen molar-refractivity contribution in [1.82, 2.24) is 4.98 Å². The smallest absolute Gasteiger partial charge is 0.417 e. The number of carbonyl (C=O) groups excluding carboxylic acids is 1. The van der Waals surface area contributed by atoms with Gasteiger partial charge in [-0.3, -0.25) is 4.79 Å². The zero-order valence-corrected chi connectivity index (χ0v) is 18.3. The molecule has 1 amide bonds. The summed E-state index contributed by atoms with van der Waals surface area (Å²) in [6, 6.07) is 8.19. The third kappa shape index (κ3) is 6.62. The number of rotatable bonds is 7. The number of nitrogens with one attached hydrogen (secondary N) is 2. The van der Waals surface area contributed by atoms with Crippen LogP contribution in [0.3, 0.4) is 0 Å². The Labute approximate surface area is 194 Å². The number of ether oxygens (including phenoxy) is 2. The van der Waals surface area contributed by atoms with E-state index in [0.29, 0.717) is 18.3 Å². The monoisotopic (exact) mass is 519 g/mol. The van der Waals surface area contributed by atoms with Crippen molar-refractivity contribution < 1.29 is 44.8 Å². The predicted molar refractivity (Wildman–Crippen MR) is 112 cm³/mol. The number of alkyl halides is 5. The van der Waals surface area contributed by atoms with E-state index in [1.54, 1.807) is 0 Å². The molecule has 3 aromatic rings. The van der Waals surface area contributed by atoms with Gasteiger partial charge < -0.3 is 14.8 Å². The maximum absolute atomic E-state index is 14.0. The second-order valence-corrected chi connectivity index (χ2v) is 9.13. The molecule has 3 rings (SSSR count). The quantitative estimate of drug-likeness (QED) is 0.378. The lowest BCUT2D eigenvalue weighted by atomic mass is 10.1. The first kappa shape index (κ1) is 25.8. The first-order valence-corrected chi connectivity index (χ1v) is 11.4. The van der Waals surface area contributed by atoms with E-state index in [2.05, 4.69) is 15.0 Å². The van der Waals surface area contributed by atoms with Crippen LogP contribution in [0.1, 0.15) is 15.9 Å². The summed E-state index contributed by atoms with van der Waals surface area (Å²) < 4.78 is 107. The summed E-state index contributed by atoms with van der Waals surface area (Å²) in [4.78, 5) is 16.4. The molecule has 0 aliphatic heterocycles. The Kier molecular flexibility index (Phi) is 7.24. The number of aromatic nitrogens is 1. The topological polar surface area (TPSA) is 101 Å². The molecule has 0 bridgehead atoms. The van der Waals surface area contributed by atoms with Crippen molar-refractivity contribution in [1.29, 1.82) is 4.78 Å². The van der Waals surface area contributed by atoms with Crippen LogP contribution in [0.15, 0.2) is 59.6 Å². The molecule has 7 nitrogen and oxygen atoms in total. The molecule has 0 aliphatic carbocycles. The fourth-order valence-electron chi connectivity index (χ4n) is 2.71. The largest absolute Gasteiger partial charge is 0.438 e. The van der Waals surface area contributed by atoms with Gasteiger partial charge in [-0.1, -0.05) is 6.07 Å². The zero-order chi connectivity index (χ0) is 26.0. The van der Waals surface area contributed by atoms with Crippen LogP contribution in [0, 0.1) is 10.6 Å².